The molecule has 2 saturated heterocycles. The molecule has 2 unspecified atom stereocenters. The minimum Gasteiger partial charge on any atom is -0.369 e. The highest BCUT2D eigenvalue weighted by Gasteiger charge is 2.31. The summed E-state index contributed by atoms with van der Waals surface area (Å²) in [5, 5.41) is 7.71. The van der Waals surface area contributed by atoms with Crippen LogP contribution in [0.3, 0.4) is 0 Å². The molecule has 2 atom stereocenters. The van der Waals surface area contributed by atoms with Crippen molar-refractivity contribution in [1.82, 2.24) is 20.5 Å². The Kier molecular flexibility index (Phi) is 5.91. The van der Waals surface area contributed by atoms with Crippen LogP contribution in [-0.4, -0.2) is 60.1 Å². The number of nitrogens with zero attached hydrogens (tertiary/aromatic N) is 3. The molecule has 0 bridgehead atoms. The lowest BCUT2D eigenvalue weighted by Gasteiger charge is -2.43. The number of piperazine rings is 1. The molecular weight excluding hydrogens is 358 g/mol. The predicted octanol–water partition coefficient (Wildman–Crippen LogP) is 1.76. The third-order valence-corrected chi connectivity index (χ3v) is 6.10. The van der Waals surface area contributed by atoms with Gasteiger partial charge in [-0.3, -0.25) is 15.0 Å². The van der Waals surface area contributed by atoms with E-state index >= 15 is 0 Å². The summed E-state index contributed by atoms with van der Waals surface area (Å²) >= 11 is 1.69. The van der Waals surface area contributed by atoms with Gasteiger partial charge in [0.05, 0.1) is 5.03 Å². The molecule has 7 heteroatoms. The van der Waals surface area contributed by atoms with Gasteiger partial charge >= 0.3 is 0 Å². The largest absolute Gasteiger partial charge is 0.369 e. The summed E-state index contributed by atoms with van der Waals surface area (Å²) < 4.78 is 0. The number of carbonyl (C=O) groups is 1. The molecular formula is C20H25N5OS. The van der Waals surface area contributed by atoms with E-state index in [9.17, 15) is 4.79 Å². The van der Waals surface area contributed by atoms with Crippen LogP contribution in [0, 0.1) is 0 Å². The van der Waals surface area contributed by atoms with E-state index in [2.05, 4.69) is 49.7 Å². The van der Waals surface area contributed by atoms with Crippen molar-refractivity contribution in [2.75, 3.05) is 36.8 Å². The van der Waals surface area contributed by atoms with Crippen molar-refractivity contribution in [3.05, 3.63) is 54.7 Å². The van der Waals surface area contributed by atoms with Gasteiger partial charge in [0.25, 0.3) is 0 Å². The molecule has 142 valence electrons. The van der Waals surface area contributed by atoms with E-state index in [1.165, 1.54) is 5.69 Å². The fraction of sp³-hybridized carbons (Fsp3) is 0.400. The van der Waals surface area contributed by atoms with Crippen LogP contribution in [0.5, 0.6) is 0 Å². The molecule has 2 aliphatic heterocycles. The second kappa shape index (κ2) is 8.73. The zero-order valence-electron chi connectivity index (χ0n) is 15.3. The molecule has 2 fully saturated rings. The topological polar surface area (TPSA) is 60.5 Å². The first-order valence-electron chi connectivity index (χ1n) is 9.41. The van der Waals surface area contributed by atoms with Gasteiger partial charge < -0.3 is 10.2 Å². The minimum absolute atomic E-state index is 0.0847. The van der Waals surface area contributed by atoms with E-state index in [1.54, 1.807) is 18.0 Å². The van der Waals surface area contributed by atoms with Crippen LogP contribution in [0.2, 0.25) is 0 Å². The van der Waals surface area contributed by atoms with Crippen LogP contribution in [-0.2, 0) is 4.79 Å². The van der Waals surface area contributed by atoms with E-state index in [-0.39, 0.29) is 18.2 Å². The van der Waals surface area contributed by atoms with Crippen LogP contribution < -0.4 is 15.5 Å². The number of thioether (sulfide) groups is 1. The fourth-order valence-electron chi connectivity index (χ4n) is 3.56. The van der Waals surface area contributed by atoms with Gasteiger partial charge in [-0.15, -0.1) is 11.8 Å². The Morgan fingerprint density at radius 2 is 1.81 bits per heavy atom. The monoisotopic (exact) mass is 383 g/mol. The summed E-state index contributed by atoms with van der Waals surface area (Å²) in [7, 11) is 0. The highest BCUT2D eigenvalue weighted by atomic mass is 32.2. The summed E-state index contributed by atoms with van der Waals surface area (Å²) in [6, 6.07) is 16.6. The highest BCUT2D eigenvalue weighted by Crippen LogP contribution is 2.20. The summed E-state index contributed by atoms with van der Waals surface area (Å²) in [4.78, 5) is 21.3. The molecule has 3 heterocycles. The van der Waals surface area contributed by atoms with Crippen molar-refractivity contribution in [3.63, 3.8) is 0 Å². The number of para-hydroxylation sites is 1. The van der Waals surface area contributed by atoms with Gasteiger partial charge in [-0.2, -0.15) is 0 Å². The standard InChI is InChI=1S/C20H25N5OS/c26-18-14-16(15-27-19-8-4-5-9-21-19)22-20(23-18)25-12-10-24(11-13-25)17-6-2-1-3-7-17/h1-9,16,20,22H,10-15H2,(H,23,26). The molecule has 0 spiro atoms. The van der Waals surface area contributed by atoms with Crippen LogP contribution in [0.25, 0.3) is 0 Å². The van der Waals surface area contributed by atoms with Crippen molar-refractivity contribution in [3.8, 4) is 0 Å². The van der Waals surface area contributed by atoms with Crippen molar-refractivity contribution < 1.29 is 4.79 Å². The third kappa shape index (κ3) is 4.80. The Balaban J connectivity index is 1.30. The molecule has 2 N–H and O–H groups in total. The molecule has 27 heavy (non-hydrogen) atoms. The molecule has 0 radical (unpaired) electrons. The summed E-state index contributed by atoms with van der Waals surface area (Å²) in [6.45, 7) is 3.77. The first-order chi connectivity index (χ1) is 13.3. The quantitative estimate of drug-likeness (QED) is 0.768. The van der Waals surface area contributed by atoms with Crippen LogP contribution >= 0.6 is 11.8 Å². The summed E-state index contributed by atoms with van der Waals surface area (Å²) in [5.74, 6) is 0.959. The van der Waals surface area contributed by atoms with Gasteiger partial charge in [0, 0.05) is 56.3 Å². The molecule has 1 aromatic carbocycles. The number of anilines is 1. The van der Waals surface area contributed by atoms with Crippen LogP contribution in [0.4, 0.5) is 5.69 Å². The lowest BCUT2D eigenvalue weighted by Crippen LogP contribution is -2.67. The molecule has 4 rings (SSSR count). The van der Waals surface area contributed by atoms with Gasteiger partial charge in [-0.25, -0.2) is 4.98 Å². The highest BCUT2D eigenvalue weighted by molar-refractivity contribution is 7.99. The first-order valence-corrected chi connectivity index (χ1v) is 10.4. The second-order valence-electron chi connectivity index (χ2n) is 6.88. The Morgan fingerprint density at radius 3 is 2.56 bits per heavy atom. The zero-order chi connectivity index (χ0) is 18.5. The maximum atomic E-state index is 12.2. The van der Waals surface area contributed by atoms with Crippen LogP contribution in [0.1, 0.15) is 6.42 Å². The molecule has 0 saturated carbocycles. The van der Waals surface area contributed by atoms with Crippen LogP contribution in [0.15, 0.2) is 59.8 Å². The number of aromatic nitrogens is 1. The Labute approximate surface area is 164 Å². The Bertz CT molecular complexity index is 737. The van der Waals surface area contributed by atoms with Crippen molar-refractivity contribution in [1.29, 1.82) is 0 Å². The number of benzene rings is 1. The average molecular weight is 384 g/mol. The second-order valence-corrected chi connectivity index (χ2v) is 7.92. The Morgan fingerprint density at radius 1 is 1.04 bits per heavy atom. The fourth-order valence-corrected chi connectivity index (χ4v) is 4.45. The summed E-state index contributed by atoms with van der Waals surface area (Å²) in [6.07, 6.45) is 2.23. The first kappa shape index (κ1) is 18.3. The molecule has 6 nitrogen and oxygen atoms in total. The van der Waals surface area contributed by atoms with Gasteiger partial charge in [-0.05, 0) is 24.3 Å². The third-order valence-electron chi connectivity index (χ3n) is 4.99. The zero-order valence-corrected chi connectivity index (χ0v) is 16.1. The molecule has 2 aromatic rings. The number of rotatable bonds is 5. The van der Waals surface area contributed by atoms with E-state index in [0.29, 0.717) is 6.42 Å². The lowest BCUT2D eigenvalue weighted by molar-refractivity contribution is -0.126. The van der Waals surface area contributed by atoms with E-state index in [0.717, 1.165) is 37.0 Å². The van der Waals surface area contributed by atoms with Gasteiger partial charge in [0.1, 0.15) is 6.29 Å². The van der Waals surface area contributed by atoms with Gasteiger partial charge in [0.15, 0.2) is 0 Å². The molecule has 1 aromatic heterocycles. The smallest absolute Gasteiger partial charge is 0.223 e. The number of hydrogen-bond donors (Lipinski definition) is 2. The van der Waals surface area contributed by atoms with Crippen molar-refractivity contribution >= 4 is 23.4 Å². The lowest BCUT2D eigenvalue weighted by atomic mass is 10.1. The number of amides is 1. The van der Waals surface area contributed by atoms with Gasteiger partial charge in [0.2, 0.25) is 5.91 Å². The predicted molar refractivity (Wildman–Crippen MR) is 109 cm³/mol. The number of nitrogens with one attached hydrogen (secondary N) is 2. The van der Waals surface area contributed by atoms with E-state index in [1.807, 2.05) is 24.3 Å². The average Bonchev–Trinajstić information content (AvgIpc) is 2.73. The number of hydrogen-bond acceptors (Lipinski definition) is 6. The van der Waals surface area contributed by atoms with Gasteiger partial charge in [-0.1, -0.05) is 24.3 Å². The van der Waals surface area contributed by atoms with E-state index < -0.39 is 0 Å². The number of carbonyl (C=O) groups excluding carboxylic acids is 1. The molecule has 0 aliphatic carbocycles. The normalized spacial score (nSPS) is 23.9. The van der Waals surface area contributed by atoms with Crippen molar-refractivity contribution in [2.45, 2.75) is 23.8 Å². The van der Waals surface area contributed by atoms with E-state index in [4.69, 9.17) is 0 Å². The maximum Gasteiger partial charge on any atom is 0.223 e. The minimum atomic E-state index is -0.0847. The summed E-state index contributed by atoms with van der Waals surface area (Å²) in [5.41, 5.74) is 1.27. The molecule has 1 amide bonds. The molecule has 2 aliphatic rings. The maximum absolute atomic E-state index is 12.2. The Hall–Kier alpha value is -2.09. The van der Waals surface area contributed by atoms with Crippen molar-refractivity contribution in [2.24, 2.45) is 0 Å². The number of pyridine rings is 1. The SMILES string of the molecule is O=C1CC(CSc2ccccn2)NC(N2CCN(c3ccccc3)CC2)N1.